The van der Waals surface area contributed by atoms with Gasteiger partial charge in [0.1, 0.15) is 10.6 Å². The summed E-state index contributed by atoms with van der Waals surface area (Å²) in [6.45, 7) is 4.07. The van der Waals surface area contributed by atoms with Crippen molar-refractivity contribution < 1.29 is 26.5 Å². The van der Waals surface area contributed by atoms with Crippen molar-refractivity contribution in [1.29, 1.82) is 0 Å². The van der Waals surface area contributed by atoms with Gasteiger partial charge in [0, 0.05) is 18.2 Å². The molecule has 1 heterocycles. The zero-order valence-electron chi connectivity index (χ0n) is 17.9. The van der Waals surface area contributed by atoms with Crippen molar-refractivity contribution >= 4 is 27.4 Å². The number of nitrogens with zero attached hydrogens (tertiary/aromatic N) is 1. The van der Waals surface area contributed by atoms with Gasteiger partial charge in [-0.15, -0.1) is 11.3 Å². The molecule has 1 atom stereocenters. The summed E-state index contributed by atoms with van der Waals surface area (Å²) >= 11 is 1.35. The molecule has 170 valence electrons. The molecular weight excluding hydrogens is 453 g/mol. The molecule has 3 rings (SSSR count). The Balaban J connectivity index is 1.90. The second-order valence-electron chi connectivity index (χ2n) is 7.11. The van der Waals surface area contributed by atoms with E-state index in [0.717, 1.165) is 12.5 Å². The highest BCUT2D eigenvalue weighted by atomic mass is 32.2. The first kappa shape index (κ1) is 23.7. The fourth-order valence-corrected chi connectivity index (χ4v) is 4.71. The standard InChI is InChI=1S/C23H24FNO5S2/c1-4-16(2)25(23(26)22-10-7-13-31-22)15-17-8-5-6-9-20(17)30-32(27,28)18-11-12-21(29-3)19(24)14-18/h5-14,16H,4,15H2,1-3H3. The molecule has 6 nitrogen and oxygen atoms in total. The molecule has 1 amide bonds. The Morgan fingerprint density at radius 3 is 2.50 bits per heavy atom. The molecule has 0 aliphatic heterocycles. The SMILES string of the molecule is CCC(C)N(Cc1ccccc1OS(=O)(=O)c1ccc(OC)c(F)c1)C(=O)c1cccs1. The van der Waals surface area contributed by atoms with Crippen LogP contribution < -0.4 is 8.92 Å². The van der Waals surface area contributed by atoms with Gasteiger partial charge in [0.25, 0.3) is 5.91 Å². The maximum Gasteiger partial charge on any atom is 0.339 e. The molecule has 0 aliphatic carbocycles. The number of rotatable bonds is 9. The lowest BCUT2D eigenvalue weighted by Crippen LogP contribution is -2.37. The minimum atomic E-state index is -4.31. The summed E-state index contributed by atoms with van der Waals surface area (Å²) in [6, 6.07) is 13.4. The van der Waals surface area contributed by atoms with Gasteiger partial charge in [-0.2, -0.15) is 8.42 Å². The molecule has 1 unspecified atom stereocenters. The van der Waals surface area contributed by atoms with Crippen molar-refractivity contribution in [2.45, 2.75) is 37.8 Å². The number of thiophene rings is 1. The fraction of sp³-hybridized carbons (Fsp3) is 0.261. The van der Waals surface area contributed by atoms with Gasteiger partial charge in [-0.3, -0.25) is 4.79 Å². The monoisotopic (exact) mass is 477 g/mol. The van der Waals surface area contributed by atoms with E-state index in [4.69, 9.17) is 8.92 Å². The predicted molar refractivity (Wildman–Crippen MR) is 121 cm³/mol. The first-order valence-electron chi connectivity index (χ1n) is 9.97. The topological polar surface area (TPSA) is 72.9 Å². The van der Waals surface area contributed by atoms with Crippen LogP contribution in [0.3, 0.4) is 0 Å². The van der Waals surface area contributed by atoms with Gasteiger partial charge >= 0.3 is 10.1 Å². The molecule has 0 saturated carbocycles. The Morgan fingerprint density at radius 2 is 1.88 bits per heavy atom. The van der Waals surface area contributed by atoms with E-state index in [-0.39, 0.29) is 34.9 Å². The van der Waals surface area contributed by atoms with Gasteiger partial charge in [-0.05, 0) is 49.1 Å². The van der Waals surface area contributed by atoms with E-state index in [1.165, 1.54) is 36.6 Å². The van der Waals surface area contributed by atoms with Crippen LogP contribution in [0.15, 0.2) is 64.9 Å². The summed E-state index contributed by atoms with van der Waals surface area (Å²) in [5, 5.41) is 1.83. The molecule has 0 aliphatic rings. The Kier molecular flexibility index (Phi) is 7.52. The zero-order chi connectivity index (χ0) is 23.3. The molecular formula is C23H24FNO5S2. The summed E-state index contributed by atoms with van der Waals surface area (Å²) in [6.07, 6.45) is 0.726. The highest BCUT2D eigenvalue weighted by Gasteiger charge is 2.25. The van der Waals surface area contributed by atoms with E-state index in [0.29, 0.717) is 10.4 Å². The van der Waals surface area contributed by atoms with Crippen LogP contribution in [0.5, 0.6) is 11.5 Å². The summed E-state index contributed by atoms with van der Waals surface area (Å²) in [5.41, 5.74) is 0.523. The van der Waals surface area contributed by atoms with E-state index in [1.807, 2.05) is 25.3 Å². The molecule has 0 radical (unpaired) electrons. The van der Waals surface area contributed by atoms with Crippen LogP contribution >= 0.6 is 11.3 Å². The lowest BCUT2D eigenvalue weighted by Gasteiger charge is -2.29. The van der Waals surface area contributed by atoms with Gasteiger partial charge in [0.05, 0.1) is 12.0 Å². The third-order valence-electron chi connectivity index (χ3n) is 5.04. The van der Waals surface area contributed by atoms with E-state index >= 15 is 0 Å². The average molecular weight is 478 g/mol. The van der Waals surface area contributed by atoms with Crippen LogP contribution in [0.1, 0.15) is 35.5 Å². The van der Waals surface area contributed by atoms with Crippen molar-refractivity contribution in [3.8, 4) is 11.5 Å². The number of methoxy groups -OCH3 is 1. The molecule has 0 bridgehead atoms. The Labute approximate surface area is 191 Å². The van der Waals surface area contributed by atoms with E-state index in [9.17, 15) is 17.6 Å². The number of amides is 1. The Morgan fingerprint density at radius 1 is 1.12 bits per heavy atom. The summed E-state index contributed by atoms with van der Waals surface area (Å²) in [4.78, 5) is 15.0. The van der Waals surface area contributed by atoms with Crippen molar-refractivity contribution in [1.82, 2.24) is 4.90 Å². The third-order valence-corrected chi connectivity index (χ3v) is 7.13. The fourth-order valence-electron chi connectivity index (χ4n) is 3.06. The number of ether oxygens (including phenoxy) is 1. The first-order chi connectivity index (χ1) is 15.3. The quantitative estimate of drug-likeness (QED) is 0.401. The molecule has 1 aromatic heterocycles. The van der Waals surface area contributed by atoms with Crippen LogP contribution in [0.4, 0.5) is 4.39 Å². The zero-order valence-corrected chi connectivity index (χ0v) is 19.6. The molecule has 0 spiro atoms. The maximum atomic E-state index is 14.0. The number of carbonyl (C=O) groups excluding carboxylic acids is 1. The minimum Gasteiger partial charge on any atom is -0.494 e. The van der Waals surface area contributed by atoms with Crippen molar-refractivity contribution in [2.24, 2.45) is 0 Å². The predicted octanol–water partition coefficient (Wildman–Crippen LogP) is 5.10. The lowest BCUT2D eigenvalue weighted by atomic mass is 10.1. The number of carbonyl (C=O) groups is 1. The molecule has 9 heteroatoms. The summed E-state index contributed by atoms with van der Waals surface area (Å²) < 4.78 is 49.8. The van der Waals surface area contributed by atoms with Crippen molar-refractivity contribution in [3.63, 3.8) is 0 Å². The van der Waals surface area contributed by atoms with E-state index in [2.05, 4.69) is 0 Å². The Hall–Kier alpha value is -2.91. The van der Waals surface area contributed by atoms with Crippen LogP contribution in [0.2, 0.25) is 0 Å². The number of hydrogen-bond acceptors (Lipinski definition) is 6. The maximum absolute atomic E-state index is 14.0. The summed E-state index contributed by atoms with van der Waals surface area (Å²) in [7, 11) is -3.01. The van der Waals surface area contributed by atoms with Crippen molar-refractivity contribution in [2.75, 3.05) is 7.11 Å². The number of benzene rings is 2. The number of para-hydroxylation sites is 1. The van der Waals surface area contributed by atoms with E-state index in [1.54, 1.807) is 29.2 Å². The van der Waals surface area contributed by atoms with Crippen LogP contribution in [-0.4, -0.2) is 32.4 Å². The van der Waals surface area contributed by atoms with Gasteiger partial charge in [-0.25, -0.2) is 4.39 Å². The molecule has 0 saturated heterocycles. The smallest absolute Gasteiger partial charge is 0.339 e. The normalized spacial score (nSPS) is 12.2. The molecule has 0 N–H and O–H groups in total. The number of hydrogen-bond donors (Lipinski definition) is 0. The largest absolute Gasteiger partial charge is 0.494 e. The molecule has 2 aromatic carbocycles. The first-order valence-corrected chi connectivity index (χ1v) is 12.3. The second kappa shape index (κ2) is 10.1. The minimum absolute atomic E-state index is 0.0689. The summed E-state index contributed by atoms with van der Waals surface area (Å²) in [5.74, 6) is -0.934. The number of halogens is 1. The average Bonchev–Trinajstić information content (AvgIpc) is 3.32. The van der Waals surface area contributed by atoms with Crippen LogP contribution in [0, 0.1) is 5.82 Å². The third kappa shape index (κ3) is 5.28. The van der Waals surface area contributed by atoms with Gasteiger partial charge in [-0.1, -0.05) is 31.2 Å². The van der Waals surface area contributed by atoms with Gasteiger partial charge in [0.15, 0.2) is 11.6 Å². The molecule has 32 heavy (non-hydrogen) atoms. The lowest BCUT2D eigenvalue weighted by molar-refractivity contribution is 0.0676. The van der Waals surface area contributed by atoms with Crippen LogP contribution in [0.25, 0.3) is 0 Å². The van der Waals surface area contributed by atoms with E-state index < -0.39 is 15.9 Å². The van der Waals surface area contributed by atoms with Gasteiger partial charge < -0.3 is 13.8 Å². The second-order valence-corrected chi connectivity index (χ2v) is 9.60. The molecule has 3 aromatic rings. The molecule has 0 fully saturated rings. The van der Waals surface area contributed by atoms with Crippen LogP contribution in [-0.2, 0) is 16.7 Å². The van der Waals surface area contributed by atoms with Crippen molar-refractivity contribution in [3.05, 3.63) is 76.2 Å². The highest BCUT2D eigenvalue weighted by molar-refractivity contribution is 7.87. The van der Waals surface area contributed by atoms with Gasteiger partial charge in [0.2, 0.25) is 0 Å². The Bertz CT molecular complexity index is 1180. The highest BCUT2D eigenvalue weighted by Crippen LogP contribution is 2.28.